The summed E-state index contributed by atoms with van der Waals surface area (Å²) in [5.74, 6) is 1.47. The maximum atomic E-state index is 5.97. The molecule has 0 spiro atoms. The number of nitrogens with two attached hydrogens (primary N) is 1. The van der Waals surface area contributed by atoms with Gasteiger partial charge in [-0.25, -0.2) is 4.98 Å². The summed E-state index contributed by atoms with van der Waals surface area (Å²) < 4.78 is 0. The van der Waals surface area contributed by atoms with E-state index in [1.54, 1.807) is 11.3 Å². The molecule has 1 aliphatic rings. The van der Waals surface area contributed by atoms with E-state index in [4.69, 9.17) is 5.73 Å². The Bertz CT molecular complexity index is 319. The standard InChI is InChI=1S/C11H18N2S/c1-7-4-3-5-9(6-7)10-11(12)14-8(2)13-10/h7,9H,3-6,12H2,1-2H3. The van der Waals surface area contributed by atoms with E-state index >= 15 is 0 Å². The van der Waals surface area contributed by atoms with Crippen LogP contribution in [0.15, 0.2) is 0 Å². The van der Waals surface area contributed by atoms with E-state index in [2.05, 4.69) is 11.9 Å². The lowest BCUT2D eigenvalue weighted by Gasteiger charge is -2.25. The largest absolute Gasteiger partial charge is 0.389 e. The number of rotatable bonds is 1. The molecule has 1 aromatic heterocycles. The fourth-order valence-corrected chi connectivity index (χ4v) is 3.21. The fraction of sp³-hybridized carbons (Fsp3) is 0.727. The van der Waals surface area contributed by atoms with Crippen LogP contribution in [0.2, 0.25) is 0 Å². The molecule has 2 atom stereocenters. The van der Waals surface area contributed by atoms with Crippen LogP contribution in [0.25, 0.3) is 0 Å². The molecule has 0 aromatic carbocycles. The molecular weight excluding hydrogens is 192 g/mol. The summed E-state index contributed by atoms with van der Waals surface area (Å²) in [7, 11) is 0. The van der Waals surface area contributed by atoms with Gasteiger partial charge in [-0.2, -0.15) is 0 Å². The number of nitrogens with zero attached hydrogens (tertiary/aromatic N) is 1. The van der Waals surface area contributed by atoms with Gasteiger partial charge in [-0.05, 0) is 25.7 Å². The highest BCUT2D eigenvalue weighted by Crippen LogP contribution is 2.39. The predicted molar refractivity (Wildman–Crippen MR) is 61.6 cm³/mol. The molecule has 78 valence electrons. The third kappa shape index (κ3) is 1.92. The van der Waals surface area contributed by atoms with Gasteiger partial charge in [0.1, 0.15) is 5.00 Å². The molecule has 0 amide bonds. The number of nitrogen functional groups attached to an aromatic ring is 1. The first-order valence-electron chi connectivity index (χ1n) is 5.39. The molecule has 2 rings (SSSR count). The molecule has 0 radical (unpaired) electrons. The Balaban J connectivity index is 2.17. The molecule has 1 heterocycles. The molecule has 2 unspecified atom stereocenters. The predicted octanol–water partition coefficient (Wildman–Crippen LogP) is 3.33. The van der Waals surface area contributed by atoms with Gasteiger partial charge in [0.25, 0.3) is 0 Å². The minimum atomic E-state index is 0.628. The van der Waals surface area contributed by atoms with Crippen molar-refractivity contribution in [2.75, 3.05) is 5.73 Å². The summed E-state index contributed by atoms with van der Waals surface area (Å²) in [5, 5.41) is 2.05. The van der Waals surface area contributed by atoms with E-state index in [1.165, 1.54) is 31.4 Å². The van der Waals surface area contributed by atoms with E-state index in [1.807, 2.05) is 6.92 Å². The highest BCUT2D eigenvalue weighted by molar-refractivity contribution is 7.15. The second-order valence-corrected chi connectivity index (χ2v) is 5.69. The van der Waals surface area contributed by atoms with Gasteiger partial charge in [-0.15, -0.1) is 11.3 Å². The molecule has 2 nitrogen and oxygen atoms in total. The molecule has 1 saturated carbocycles. The minimum absolute atomic E-state index is 0.628. The molecule has 1 aliphatic carbocycles. The van der Waals surface area contributed by atoms with Crippen molar-refractivity contribution >= 4 is 16.3 Å². The van der Waals surface area contributed by atoms with Gasteiger partial charge in [0.2, 0.25) is 0 Å². The molecule has 1 aromatic rings. The number of aromatic nitrogens is 1. The zero-order valence-corrected chi connectivity index (χ0v) is 9.73. The van der Waals surface area contributed by atoms with Gasteiger partial charge in [-0.1, -0.05) is 19.8 Å². The summed E-state index contributed by atoms with van der Waals surface area (Å²) in [4.78, 5) is 4.56. The zero-order valence-electron chi connectivity index (χ0n) is 8.92. The van der Waals surface area contributed by atoms with Crippen LogP contribution < -0.4 is 5.73 Å². The summed E-state index contributed by atoms with van der Waals surface area (Å²) >= 11 is 1.63. The summed E-state index contributed by atoms with van der Waals surface area (Å²) in [5.41, 5.74) is 7.15. The van der Waals surface area contributed by atoms with Crippen LogP contribution in [0.3, 0.4) is 0 Å². The summed E-state index contributed by atoms with van der Waals surface area (Å²) in [6.45, 7) is 4.37. The Morgan fingerprint density at radius 2 is 2.21 bits per heavy atom. The number of hydrogen-bond donors (Lipinski definition) is 1. The van der Waals surface area contributed by atoms with Crippen LogP contribution in [-0.4, -0.2) is 4.98 Å². The molecular formula is C11H18N2S. The van der Waals surface area contributed by atoms with Gasteiger partial charge in [0, 0.05) is 5.92 Å². The highest BCUT2D eigenvalue weighted by Gasteiger charge is 2.24. The van der Waals surface area contributed by atoms with Crippen molar-refractivity contribution in [3.8, 4) is 0 Å². The first kappa shape index (κ1) is 9.97. The third-order valence-corrected chi connectivity index (χ3v) is 3.93. The minimum Gasteiger partial charge on any atom is -0.389 e. The van der Waals surface area contributed by atoms with Crippen molar-refractivity contribution < 1.29 is 0 Å². The lowest BCUT2D eigenvalue weighted by Crippen LogP contribution is -2.13. The average Bonchev–Trinajstić information content (AvgIpc) is 2.45. The van der Waals surface area contributed by atoms with Crippen molar-refractivity contribution in [2.24, 2.45) is 5.92 Å². The van der Waals surface area contributed by atoms with Crippen LogP contribution in [0, 0.1) is 12.8 Å². The van der Waals surface area contributed by atoms with Gasteiger partial charge < -0.3 is 5.73 Å². The number of hydrogen-bond acceptors (Lipinski definition) is 3. The molecule has 14 heavy (non-hydrogen) atoms. The molecule has 0 aliphatic heterocycles. The second-order valence-electron chi connectivity index (χ2n) is 4.45. The fourth-order valence-electron chi connectivity index (χ4n) is 2.43. The molecule has 0 bridgehead atoms. The molecule has 0 saturated heterocycles. The Labute approximate surface area is 89.5 Å². The van der Waals surface area contributed by atoms with Gasteiger partial charge in [0.05, 0.1) is 10.7 Å². The summed E-state index contributed by atoms with van der Waals surface area (Å²) in [6.07, 6.45) is 5.26. The number of thiazole rings is 1. The SMILES string of the molecule is Cc1nc(C2CCCC(C)C2)c(N)s1. The topological polar surface area (TPSA) is 38.9 Å². The number of aryl methyl sites for hydroxylation is 1. The van der Waals surface area contributed by atoms with Crippen molar-refractivity contribution in [1.29, 1.82) is 0 Å². The van der Waals surface area contributed by atoms with Crippen LogP contribution >= 0.6 is 11.3 Å². The normalized spacial score (nSPS) is 27.9. The molecule has 3 heteroatoms. The second kappa shape index (κ2) is 3.89. The van der Waals surface area contributed by atoms with E-state index in [9.17, 15) is 0 Å². The van der Waals surface area contributed by atoms with Crippen molar-refractivity contribution in [3.05, 3.63) is 10.7 Å². The van der Waals surface area contributed by atoms with Crippen molar-refractivity contribution in [3.63, 3.8) is 0 Å². The highest BCUT2D eigenvalue weighted by atomic mass is 32.1. The summed E-state index contributed by atoms with van der Waals surface area (Å²) in [6, 6.07) is 0. The van der Waals surface area contributed by atoms with Crippen molar-refractivity contribution in [1.82, 2.24) is 4.98 Å². The third-order valence-electron chi connectivity index (χ3n) is 3.11. The van der Waals surface area contributed by atoms with Crippen molar-refractivity contribution in [2.45, 2.75) is 45.4 Å². The Hall–Kier alpha value is -0.570. The first-order valence-corrected chi connectivity index (χ1v) is 6.21. The van der Waals surface area contributed by atoms with E-state index in [0.29, 0.717) is 5.92 Å². The quantitative estimate of drug-likeness (QED) is 0.772. The first-order chi connectivity index (χ1) is 6.66. The monoisotopic (exact) mass is 210 g/mol. The number of anilines is 1. The van der Waals surface area contributed by atoms with Crippen LogP contribution in [0.1, 0.15) is 49.2 Å². The van der Waals surface area contributed by atoms with Gasteiger partial charge >= 0.3 is 0 Å². The van der Waals surface area contributed by atoms with E-state index in [-0.39, 0.29) is 0 Å². The maximum absolute atomic E-state index is 5.97. The Morgan fingerprint density at radius 3 is 2.79 bits per heavy atom. The Morgan fingerprint density at radius 1 is 1.43 bits per heavy atom. The van der Waals surface area contributed by atoms with E-state index in [0.717, 1.165) is 15.9 Å². The lowest BCUT2D eigenvalue weighted by molar-refractivity contribution is 0.341. The maximum Gasteiger partial charge on any atom is 0.110 e. The van der Waals surface area contributed by atoms with Crippen LogP contribution in [0.4, 0.5) is 5.00 Å². The smallest absolute Gasteiger partial charge is 0.110 e. The lowest BCUT2D eigenvalue weighted by atomic mass is 9.81. The average molecular weight is 210 g/mol. The van der Waals surface area contributed by atoms with Gasteiger partial charge in [-0.3, -0.25) is 0 Å². The van der Waals surface area contributed by atoms with E-state index < -0.39 is 0 Å². The van der Waals surface area contributed by atoms with Crippen LogP contribution in [-0.2, 0) is 0 Å². The van der Waals surface area contributed by atoms with Gasteiger partial charge in [0.15, 0.2) is 0 Å². The Kier molecular flexibility index (Phi) is 2.77. The molecule has 1 fully saturated rings. The molecule has 2 N–H and O–H groups in total. The van der Waals surface area contributed by atoms with Crippen LogP contribution in [0.5, 0.6) is 0 Å². The zero-order chi connectivity index (χ0) is 10.1.